The first kappa shape index (κ1) is 15.7. The molecule has 1 N–H and O–H groups in total. The zero-order chi connectivity index (χ0) is 14.4. The Morgan fingerprint density at radius 2 is 2.05 bits per heavy atom. The normalized spacial score (nSPS) is 10.3. The Labute approximate surface area is 121 Å². The molecule has 0 radical (unpaired) electrons. The van der Waals surface area contributed by atoms with Gasteiger partial charge in [-0.25, -0.2) is 4.39 Å². The fraction of sp³-hybridized carbons (Fsp3) is 0.364. The molecule has 0 spiro atoms. The average molecular weight is 384 g/mol. The molecule has 5 nitrogen and oxygen atoms in total. The quantitative estimate of drug-likeness (QED) is 0.270. The van der Waals surface area contributed by atoms with E-state index in [1.54, 1.807) is 0 Å². The summed E-state index contributed by atoms with van der Waals surface area (Å²) in [5.41, 5.74) is -1.83. The van der Waals surface area contributed by atoms with Crippen molar-refractivity contribution in [3.8, 4) is 0 Å². The van der Waals surface area contributed by atoms with E-state index in [1.165, 1.54) is 0 Å². The van der Waals surface area contributed by atoms with Crippen LogP contribution in [0, 0.1) is 21.7 Å². The fourth-order valence-corrected chi connectivity index (χ4v) is 1.94. The number of carbonyl (C=O) groups excluding carboxylic acids is 1. The van der Waals surface area contributed by atoms with Crippen LogP contribution in [0.1, 0.15) is 23.2 Å². The highest BCUT2D eigenvalue weighted by Crippen LogP contribution is 2.22. The van der Waals surface area contributed by atoms with E-state index in [-0.39, 0.29) is 6.54 Å². The van der Waals surface area contributed by atoms with E-state index in [9.17, 15) is 23.7 Å². The van der Waals surface area contributed by atoms with Gasteiger partial charge in [0.2, 0.25) is 5.82 Å². The lowest BCUT2D eigenvalue weighted by atomic mass is 10.1. The van der Waals surface area contributed by atoms with Gasteiger partial charge in [-0.15, -0.1) is 0 Å². The number of hydrogen-bond donors (Lipinski definition) is 1. The van der Waals surface area contributed by atoms with Crippen molar-refractivity contribution in [3.05, 3.63) is 39.4 Å². The molecule has 0 bridgehead atoms. The molecule has 8 heteroatoms. The van der Waals surface area contributed by atoms with Crippen LogP contribution in [0.25, 0.3) is 0 Å². The molecule has 0 atom stereocenters. The van der Waals surface area contributed by atoms with Crippen molar-refractivity contribution < 1.29 is 18.5 Å². The molecule has 0 saturated carbocycles. The van der Waals surface area contributed by atoms with Gasteiger partial charge in [0.05, 0.1) is 4.92 Å². The van der Waals surface area contributed by atoms with E-state index >= 15 is 0 Å². The van der Waals surface area contributed by atoms with Gasteiger partial charge in [-0.3, -0.25) is 14.9 Å². The molecule has 19 heavy (non-hydrogen) atoms. The van der Waals surface area contributed by atoms with Crippen molar-refractivity contribution in [2.24, 2.45) is 0 Å². The molecule has 0 aliphatic heterocycles. The summed E-state index contributed by atoms with van der Waals surface area (Å²) < 4.78 is 28.0. The fourth-order valence-electron chi connectivity index (χ4n) is 1.40. The number of nitro benzene ring substituents is 1. The van der Waals surface area contributed by atoms with E-state index in [4.69, 9.17) is 0 Å². The van der Waals surface area contributed by atoms with Gasteiger partial charge in [0, 0.05) is 12.6 Å². The Morgan fingerprint density at radius 3 is 2.63 bits per heavy atom. The third-order valence-corrected chi connectivity index (χ3v) is 3.10. The van der Waals surface area contributed by atoms with Crippen molar-refractivity contribution in [3.63, 3.8) is 0 Å². The Balaban J connectivity index is 2.90. The highest BCUT2D eigenvalue weighted by Gasteiger charge is 2.25. The molecule has 1 amide bonds. The summed E-state index contributed by atoms with van der Waals surface area (Å²) in [5.74, 6) is -3.54. The molecule has 104 valence electrons. The third kappa shape index (κ3) is 4.08. The molecular weight excluding hydrogens is 373 g/mol. The second-order valence-electron chi connectivity index (χ2n) is 3.66. The number of amides is 1. The molecule has 0 unspecified atom stereocenters. The van der Waals surface area contributed by atoms with Crippen LogP contribution in [0.2, 0.25) is 0 Å². The van der Waals surface area contributed by atoms with Gasteiger partial charge in [0.15, 0.2) is 0 Å². The van der Waals surface area contributed by atoms with Gasteiger partial charge >= 0.3 is 5.69 Å². The lowest BCUT2D eigenvalue weighted by Crippen LogP contribution is -2.26. The average Bonchev–Trinajstić information content (AvgIpc) is 2.34. The molecule has 0 heterocycles. The summed E-state index contributed by atoms with van der Waals surface area (Å²) in [6, 6.07) is 1.40. The predicted octanol–water partition coefficient (Wildman–Crippen LogP) is 2.82. The highest BCUT2D eigenvalue weighted by atomic mass is 127. The molecule has 0 saturated heterocycles. The van der Waals surface area contributed by atoms with Gasteiger partial charge in [0.1, 0.15) is 11.4 Å². The molecule has 0 aliphatic carbocycles. The third-order valence-electron chi connectivity index (χ3n) is 2.34. The lowest BCUT2D eigenvalue weighted by molar-refractivity contribution is -0.387. The van der Waals surface area contributed by atoms with Gasteiger partial charge in [-0.1, -0.05) is 22.6 Å². The maximum absolute atomic E-state index is 13.7. The van der Waals surface area contributed by atoms with Crippen molar-refractivity contribution in [2.75, 3.05) is 11.0 Å². The number of rotatable bonds is 6. The van der Waals surface area contributed by atoms with Crippen LogP contribution < -0.4 is 5.32 Å². The van der Waals surface area contributed by atoms with E-state index in [2.05, 4.69) is 27.9 Å². The number of alkyl halides is 1. The highest BCUT2D eigenvalue weighted by molar-refractivity contribution is 14.1. The number of benzene rings is 1. The maximum atomic E-state index is 13.7. The summed E-state index contributed by atoms with van der Waals surface area (Å²) in [7, 11) is 0. The number of carbonyl (C=O) groups is 1. The number of unbranched alkanes of at least 4 members (excludes halogenated alkanes) is 1. The van der Waals surface area contributed by atoms with E-state index < -0.39 is 33.7 Å². The minimum Gasteiger partial charge on any atom is -0.352 e. The smallest absolute Gasteiger partial charge is 0.305 e. The van der Waals surface area contributed by atoms with Gasteiger partial charge in [-0.05, 0) is 23.3 Å². The summed E-state index contributed by atoms with van der Waals surface area (Å²) >= 11 is 2.17. The SMILES string of the molecule is O=C(NCCCCI)c1c(F)ccc([N+](=O)[O-])c1F. The van der Waals surface area contributed by atoms with Crippen LogP contribution in [0.15, 0.2) is 12.1 Å². The van der Waals surface area contributed by atoms with Gasteiger partial charge in [0.25, 0.3) is 5.91 Å². The lowest BCUT2D eigenvalue weighted by Gasteiger charge is -2.06. The molecule has 0 aromatic heterocycles. The van der Waals surface area contributed by atoms with Crippen LogP contribution in [0.5, 0.6) is 0 Å². The monoisotopic (exact) mass is 384 g/mol. The largest absolute Gasteiger partial charge is 0.352 e. The molecular formula is C11H11F2IN2O3. The minimum absolute atomic E-state index is 0.267. The van der Waals surface area contributed by atoms with Crippen LogP contribution >= 0.6 is 22.6 Å². The van der Waals surface area contributed by atoms with Crippen LogP contribution in [-0.2, 0) is 0 Å². The van der Waals surface area contributed by atoms with E-state index in [1.807, 2.05) is 0 Å². The maximum Gasteiger partial charge on any atom is 0.305 e. The summed E-state index contributed by atoms with van der Waals surface area (Å²) in [6.07, 6.45) is 1.54. The topological polar surface area (TPSA) is 72.2 Å². The van der Waals surface area contributed by atoms with Crippen molar-refractivity contribution in [2.45, 2.75) is 12.8 Å². The standard InChI is InChI=1S/C11H11F2IN2O3/c12-7-3-4-8(16(18)19)10(13)9(7)11(17)15-6-2-1-5-14/h3-4H,1-2,5-6H2,(H,15,17). The number of nitro groups is 1. The van der Waals surface area contributed by atoms with Gasteiger partial charge in [-0.2, -0.15) is 4.39 Å². The second-order valence-corrected chi connectivity index (χ2v) is 4.74. The Kier molecular flexibility index (Phi) is 6.06. The van der Waals surface area contributed by atoms with Crippen molar-refractivity contribution in [1.29, 1.82) is 0 Å². The Hall–Kier alpha value is -1.32. The predicted molar refractivity (Wildman–Crippen MR) is 73.5 cm³/mol. The Morgan fingerprint density at radius 1 is 1.37 bits per heavy atom. The number of nitrogens with zero attached hydrogens (tertiary/aromatic N) is 1. The first-order chi connectivity index (χ1) is 8.99. The minimum atomic E-state index is -1.45. The van der Waals surface area contributed by atoms with E-state index in [0.717, 1.165) is 10.8 Å². The van der Waals surface area contributed by atoms with Gasteiger partial charge < -0.3 is 5.32 Å². The first-order valence-corrected chi connectivity index (χ1v) is 6.98. The van der Waals surface area contributed by atoms with Crippen molar-refractivity contribution in [1.82, 2.24) is 5.32 Å². The van der Waals surface area contributed by atoms with Crippen LogP contribution in [-0.4, -0.2) is 21.8 Å². The van der Waals surface area contributed by atoms with Crippen molar-refractivity contribution >= 4 is 34.2 Å². The molecule has 0 aliphatic rings. The zero-order valence-electron chi connectivity index (χ0n) is 9.79. The zero-order valence-corrected chi connectivity index (χ0v) is 11.9. The van der Waals surface area contributed by atoms with Crippen LogP contribution in [0.3, 0.4) is 0 Å². The molecule has 0 fully saturated rings. The van der Waals surface area contributed by atoms with E-state index in [0.29, 0.717) is 18.6 Å². The first-order valence-electron chi connectivity index (χ1n) is 5.45. The summed E-state index contributed by atoms with van der Waals surface area (Å²) in [4.78, 5) is 21.1. The molecule has 1 aromatic rings. The summed E-state index contributed by atoms with van der Waals surface area (Å²) in [6.45, 7) is 0.267. The molecule has 1 aromatic carbocycles. The second kappa shape index (κ2) is 7.31. The Bertz CT molecular complexity index is 497. The number of hydrogen-bond acceptors (Lipinski definition) is 3. The summed E-state index contributed by atoms with van der Waals surface area (Å²) in [5, 5.41) is 12.9. The van der Waals surface area contributed by atoms with Crippen LogP contribution in [0.4, 0.5) is 14.5 Å². The number of halogens is 3. The molecule has 1 rings (SSSR count). The number of nitrogens with one attached hydrogen (secondary N) is 1.